The molecule has 3 fully saturated rings. The Morgan fingerprint density at radius 3 is 2.76 bits per heavy atom. The first-order chi connectivity index (χ1) is 19.1. The third-order valence-corrected chi connectivity index (χ3v) is 10.3. The number of likely N-dealkylation sites (tertiary alicyclic amines) is 1. The van der Waals surface area contributed by atoms with E-state index in [2.05, 4.69) is 4.90 Å². The topological polar surface area (TPSA) is 116 Å². The molecule has 0 radical (unpaired) electrons. The molecule has 0 unspecified atom stereocenters. The molecule has 2 heterocycles. The van der Waals surface area contributed by atoms with E-state index in [0.717, 1.165) is 24.2 Å². The Morgan fingerprint density at radius 1 is 1.27 bits per heavy atom. The molecule has 2 saturated carbocycles. The number of amides is 1. The van der Waals surface area contributed by atoms with Crippen molar-refractivity contribution in [1.82, 2.24) is 9.80 Å². The highest BCUT2D eigenvalue weighted by molar-refractivity contribution is 5.92. The van der Waals surface area contributed by atoms with Gasteiger partial charge in [-0.25, -0.2) is 0 Å². The van der Waals surface area contributed by atoms with Gasteiger partial charge in [0.1, 0.15) is 6.10 Å². The van der Waals surface area contributed by atoms with Crippen LogP contribution in [0.2, 0.25) is 0 Å². The van der Waals surface area contributed by atoms with E-state index in [9.17, 15) is 25.1 Å². The molecule has 2 aromatic rings. The molecule has 2 bridgehead atoms. The summed E-state index contributed by atoms with van der Waals surface area (Å²) in [5.41, 5.74) is 0.954. The Kier molecular flexibility index (Phi) is 6.63. The average molecular weight is 582 g/mol. The largest absolute Gasteiger partial charge is 0.504 e. The molecule has 9 nitrogen and oxygen atoms in total. The molecule has 2 aliphatic heterocycles. The monoisotopic (exact) mass is 581 g/mol. The van der Waals surface area contributed by atoms with Gasteiger partial charge in [-0.2, -0.15) is 0 Å². The number of ether oxygens (including phenoxy) is 1. The Balaban J connectivity index is 0.00000302. The van der Waals surface area contributed by atoms with Crippen molar-refractivity contribution >= 4 is 30.1 Å². The van der Waals surface area contributed by atoms with Crippen molar-refractivity contribution < 1.29 is 24.7 Å². The molecule has 41 heavy (non-hydrogen) atoms. The molecule has 2 N–H and O–H groups in total. The Morgan fingerprint density at radius 2 is 2.05 bits per heavy atom. The summed E-state index contributed by atoms with van der Waals surface area (Å²) in [6, 6.07) is 8.45. The predicted octanol–water partition coefficient (Wildman–Crippen LogP) is 4.14. The molecule has 1 saturated heterocycles. The Bertz CT molecular complexity index is 1460. The Hall–Kier alpha value is -3.14. The molecule has 0 aromatic heterocycles. The van der Waals surface area contributed by atoms with Crippen LogP contribution in [0.25, 0.3) is 6.08 Å². The fourth-order valence-corrected chi connectivity index (χ4v) is 8.30. The molecule has 2 aromatic carbocycles. The number of hydrogen-bond donors (Lipinski definition) is 2. The third-order valence-electron chi connectivity index (χ3n) is 10.3. The van der Waals surface area contributed by atoms with Gasteiger partial charge in [0.25, 0.3) is 5.69 Å². The number of nitro benzene ring substituents is 1. The lowest BCUT2D eigenvalue weighted by Gasteiger charge is -2.64. The Labute approximate surface area is 245 Å². The molecular weight excluding hydrogens is 546 g/mol. The zero-order chi connectivity index (χ0) is 28.0. The van der Waals surface area contributed by atoms with E-state index in [1.807, 2.05) is 31.2 Å². The van der Waals surface area contributed by atoms with E-state index >= 15 is 0 Å². The highest BCUT2D eigenvalue weighted by Crippen LogP contribution is 2.67. The highest BCUT2D eigenvalue weighted by Gasteiger charge is 2.74. The lowest BCUT2D eigenvalue weighted by Crippen LogP contribution is -2.78. The average Bonchev–Trinajstić information content (AvgIpc) is 3.66. The van der Waals surface area contributed by atoms with Gasteiger partial charge in [-0.15, -0.1) is 12.4 Å². The predicted molar refractivity (Wildman–Crippen MR) is 155 cm³/mol. The lowest BCUT2D eigenvalue weighted by molar-refractivity contribution is -0.386. The van der Waals surface area contributed by atoms with Crippen LogP contribution in [0, 0.1) is 23.0 Å². The van der Waals surface area contributed by atoms with Gasteiger partial charge >= 0.3 is 0 Å². The van der Waals surface area contributed by atoms with Gasteiger partial charge < -0.3 is 19.8 Å². The van der Waals surface area contributed by atoms with Crippen LogP contribution in [-0.2, 0) is 16.6 Å². The van der Waals surface area contributed by atoms with Crippen molar-refractivity contribution in [3.05, 3.63) is 68.8 Å². The molecule has 1 spiro atoms. The van der Waals surface area contributed by atoms with Gasteiger partial charge in [-0.1, -0.05) is 29.8 Å². The lowest BCUT2D eigenvalue weighted by atomic mass is 9.48. The minimum absolute atomic E-state index is 0. The quantitative estimate of drug-likeness (QED) is 0.299. The van der Waals surface area contributed by atoms with Crippen molar-refractivity contribution in [2.24, 2.45) is 5.92 Å². The van der Waals surface area contributed by atoms with E-state index < -0.39 is 22.0 Å². The van der Waals surface area contributed by atoms with Gasteiger partial charge in [0.05, 0.1) is 28.0 Å². The summed E-state index contributed by atoms with van der Waals surface area (Å²) in [5, 5.41) is 35.8. The van der Waals surface area contributed by atoms with E-state index in [1.54, 1.807) is 24.1 Å². The number of carbonyl (C=O) groups excluding carboxylic acids is 1. The number of benzene rings is 2. The minimum atomic E-state index is -1.18. The first kappa shape index (κ1) is 28.0. The molecule has 5 aliphatic rings. The molecule has 5 atom stereocenters. The standard InChI is InChI=1S/C31H35N3O6.ClH/c1-18-4-3-5-19(14-18)8-9-26(36)32(2)22-10-11-31(37)25-15-21-23(34(38)39)16-24(35)28-27(21)30(31,29(22)40-28)12-13-33(25)17-20-6-7-20;/h3-5,8-9,14,16,20,22,25,29,35,37H,6-7,10-13,15,17H2,1-2H3;1H/t22-,25+,29-,30-,31+;/m0./s1. The number of phenols is 1. The number of nitro groups is 1. The van der Waals surface area contributed by atoms with E-state index in [1.165, 1.54) is 18.9 Å². The smallest absolute Gasteiger partial charge is 0.276 e. The molecule has 218 valence electrons. The van der Waals surface area contributed by atoms with Crippen LogP contribution in [0.5, 0.6) is 11.5 Å². The maximum Gasteiger partial charge on any atom is 0.276 e. The number of nitrogens with zero attached hydrogens (tertiary/aromatic N) is 3. The summed E-state index contributed by atoms with van der Waals surface area (Å²) in [5.74, 6) is 0.394. The number of likely N-dealkylation sites (N-methyl/N-ethyl adjacent to an activating group) is 1. The van der Waals surface area contributed by atoms with Crippen molar-refractivity contribution in [3.8, 4) is 11.5 Å². The van der Waals surface area contributed by atoms with Crippen LogP contribution in [0.15, 0.2) is 36.4 Å². The number of piperidine rings is 1. The summed E-state index contributed by atoms with van der Waals surface area (Å²) < 4.78 is 6.53. The summed E-state index contributed by atoms with van der Waals surface area (Å²) in [6.45, 7) is 3.63. The fourth-order valence-electron chi connectivity index (χ4n) is 8.30. The van der Waals surface area contributed by atoms with Crippen molar-refractivity contribution in [1.29, 1.82) is 0 Å². The van der Waals surface area contributed by atoms with Gasteiger partial charge in [0.2, 0.25) is 5.91 Å². The van der Waals surface area contributed by atoms with Crippen molar-refractivity contribution in [2.75, 3.05) is 20.1 Å². The highest BCUT2D eigenvalue weighted by atomic mass is 35.5. The molecule has 10 heteroatoms. The molecular formula is C31H36ClN3O6. The second-order valence-electron chi connectivity index (χ2n) is 12.5. The summed E-state index contributed by atoms with van der Waals surface area (Å²) >= 11 is 0. The van der Waals surface area contributed by atoms with E-state index in [-0.39, 0.29) is 47.6 Å². The summed E-state index contributed by atoms with van der Waals surface area (Å²) in [4.78, 5) is 29.2. The summed E-state index contributed by atoms with van der Waals surface area (Å²) in [6.07, 6.45) is 6.97. The van der Waals surface area contributed by atoms with Crippen molar-refractivity contribution in [2.45, 2.75) is 74.7 Å². The molecule has 7 rings (SSSR count). The number of aromatic hydroxyl groups is 1. The van der Waals surface area contributed by atoms with Gasteiger partial charge in [-0.05, 0) is 69.6 Å². The van der Waals surface area contributed by atoms with Crippen LogP contribution < -0.4 is 4.74 Å². The zero-order valence-corrected chi connectivity index (χ0v) is 24.1. The maximum absolute atomic E-state index is 13.4. The van der Waals surface area contributed by atoms with Crippen molar-refractivity contribution in [3.63, 3.8) is 0 Å². The zero-order valence-electron chi connectivity index (χ0n) is 23.3. The number of hydrogen-bond acceptors (Lipinski definition) is 7. The van der Waals surface area contributed by atoms with Crippen LogP contribution in [0.4, 0.5) is 5.69 Å². The number of aryl methyl sites for hydroxylation is 1. The number of carbonyl (C=O) groups is 1. The van der Waals surface area contributed by atoms with Crippen LogP contribution >= 0.6 is 12.4 Å². The van der Waals surface area contributed by atoms with E-state index in [4.69, 9.17) is 4.74 Å². The number of phenolic OH excluding ortho intramolecular Hbond substituents is 1. The molecule has 1 amide bonds. The van der Waals surface area contributed by atoms with Gasteiger partial charge in [0, 0.05) is 36.8 Å². The van der Waals surface area contributed by atoms with Crippen LogP contribution in [0.1, 0.15) is 54.4 Å². The number of halogens is 1. The van der Waals surface area contributed by atoms with Gasteiger partial charge in [-0.3, -0.25) is 19.8 Å². The molecule has 3 aliphatic carbocycles. The number of aliphatic hydroxyl groups is 1. The second-order valence-corrected chi connectivity index (χ2v) is 12.5. The number of rotatable bonds is 6. The van der Waals surface area contributed by atoms with Gasteiger partial charge in [0.15, 0.2) is 11.5 Å². The second kappa shape index (κ2) is 9.71. The normalized spacial score (nSPS) is 31.2. The third kappa shape index (κ3) is 4.00. The fraction of sp³-hybridized carbons (Fsp3) is 0.516. The van der Waals surface area contributed by atoms with Crippen LogP contribution in [0.3, 0.4) is 0 Å². The maximum atomic E-state index is 13.4. The SMILES string of the molecule is Cc1cccc(C=CC(=O)N(C)[C@H]2CC[C@@]3(O)[C@H]4Cc5c([N+](=O)[O-])cc(O)c6c5[C@@]3(CCN4CC3CC3)[C@H]2O6)c1.Cl. The minimum Gasteiger partial charge on any atom is -0.504 e. The summed E-state index contributed by atoms with van der Waals surface area (Å²) in [7, 11) is 1.76. The van der Waals surface area contributed by atoms with E-state index in [0.29, 0.717) is 42.7 Å². The van der Waals surface area contributed by atoms with Crippen LogP contribution in [-0.4, -0.2) is 74.8 Å². The first-order valence-electron chi connectivity index (χ1n) is 14.3. The first-order valence-corrected chi connectivity index (χ1v) is 14.3.